The fourth-order valence-electron chi connectivity index (χ4n) is 1.95. The summed E-state index contributed by atoms with van der Waals surface area (Å²) in [4.78, 5) is 2.43. The molecule has 0 amide bonds. The Morgan fingerprint density at radius 3 is 2.53 bits per heavy atom. The smallest absolute Gasteiger partial charge is 0.161 e. The van der Waals surface area contributed by atoms with Crippen molar-refractivity contribution in [2.75, 3.05) is 27.3 Å². The van der Waals surface area contributed by atoms with Crippen LogP contribution in [0, 0.1) is 0 Å². The van der Waals surface area contributed by atoms with Gasteiger partial charge < -0.3 is 15.2 Å². The van der Waals surface area contributed by atoms with E-state index in [0.29, 0.717) is 18.2 Å². The van der Waals surface area contributed by atoms with Crippen LogP contribution in [0.4, 0.5) is 0 Å². The highest BCUT2D eigenvalue weighted by Crippen LogP contribution is 2.33. The van der Waals surface area contributed by atoms with Gasteiger partial charge in [0.05, 0.1) is 11.0 Å². The zero-order chi connectivity index (χ0) is 12.4. The molecule has 0 bridgehead atoms. The number of likely N-dealkylation sites (N-methyl/N-ethyl adjacent to an activating group) is 1. The van der Waals surface area contributed by atoms with E-state index in [1.807, 2.05) is 37.2 Å². The number of ether oxygens (including phenoxy) is 2. The molecule has 2 rings (SSSR count). The van der Waals surface area contributed by atoms with Crippen LogP contribution < -0.4 is 15.2 Å². The van der Waals surface area contributed by atoms with E-state index in [4.69, 9.17) is 27.4 Å². The molecule has 0 fully saturated rings. The number of nitrogens with zero attached hydrogens (tertiary/aromatic N) is 1. The molecule has 5 heteroatoms. The van der Waals surface area contributed by atoms with Gasteiger partial charge in [0.2, 0.25) is 0 Å². The Morgan fingerprint density at radius 1 is 1.29 bits per heavy atom. The Bertz CT molecular complexity index is 435. The van der Waals surface area contributed by atoms with Crippen LogP contribution in [0.3, 0.4) is 0 Å². The maximum atomic E-state index is 5.76. The van der Waals surface area contributed by atoms with Gasteiger partial charge in [0, 0.05) is 0 Å². The molecule has 0 saturated carbocycles. The summed E-state index contributed by atoms with van der Waals surface area (Å²) in [5.74, 6) is 1.54. The summed E-state index contributed by atoms with van der Waals surface area (Å²) < 4.78 is 11.0. The van der Waals surface area contributed by atoms with Crippen LogP contribution in [0.2, 0.25) is 0 Å². The number of benzene rings is 1. The van der Waals surface area contributed by atoms with Gasteiger partial charge in [-0.1, -0.05) is 18.3 Å². The van der Waals surface area contributed by atoms with E-state index >= 15 is 0 Å². The van der Waals surface area contributed by atoms with E-state index in [2.05, 4.69) is 0 Å². The molecule has 0 aliphatic carbocycles. The number of rotatable bonds is 3. The Kier molecular flexibility index (Phi) is 3.49. The third-order valence-corrected chi connectivity index (χ3v) is 2.89. The average Bonchev–Trinajstić information content (AvgIpc) is 2.28. The van der Waals surface area contributed by atoms with Gasteiger partial charge in [-0.3, -0.25) is 4.90 Å². The second kappa shape index (κ2) is 4.89. The fraction of sp³-hybridized carbons (Fsp3) is 0.417. The van der Waals surface area contributed by atoms with Crippen molar-refractivity contribution in [2.45, 2.75) is 6.04 Å². The first-order valence-electron chi connectivity index (χ1n) is 5.45. The minimum Gasteiger partial charge on any atom is -0.486 e. The highest BCUT2D eigenvalue weighted by Gasteiger charge is 2.20. The van der Waals surface area contributed by atoms with Crippen molar-refractivity contribution in [2.24, 2.45) is 5.73 Å². The van der Waals surface area contributed by atoms with Crippen molar-refractivity contribution in [3.05, 3.63) is 23.8 Å². The van der Waals surface area contributed by atoms with Gasteiger partial charge in [0.25, 0.3) is 0 Å². The predicted octanol–water partition coefficient (Wildman–Crippen LogP) is 1.35. The van der Waals surface area contributed by atoms with Crippen LogP contribution in [0.25, 0.3) is 0 Å². The maximum Gasteiger partial charge on any atom is 0.161 e. The van der Waals surface area contributed by atoms with E-state index in [9.17, 15) is 0 Å². The first-order chi connectivity index (χ1) is 8.09. The van der Waals surface area contributed by atoms with Crippen LogP contribution in [0.15, 0.2) is 18.2 Å². The van der Waals surface area contributed by atoms with Crippen molar-refractivity contribution in [3.8, 4) is 11.5 Å². The summed E-state index contributed by atoms with van der Waals surface area (Å²) in [5, 5.41) is 0. The van der Waals surface area contributed by atoms with Crippen LogP contribution in [-0.4, -0.2) is 37.2 Å². The number of fused-ring (bicyclic) bond motifs is 1. The Balaban J connectivity index is 2.35. The lowest BCUT2D eigenvalue weighted by molar-refractivity contribution is 0.171. The van der Waals surface area contributed by atoms with Crippen molar-refractivity contribution >= 4 is 17.2 Å². The Morgan fingerprint density at radius 2 is 1.94 bits per heavy atom. The van der Waals surface area contributed by atoms with Crippen molar-refractivity contribution in [1.29, 1.82) is 0 Å². The number of thiocarbonyl (C=S) groups is 1. The standard InChI is InChI=1S/C12H16N2O2S/c1-14(2)11(12(13)17)8-3-4-9-10(7-8)16-6-5-15-9/h3-4,7,11H,5-6H2,1-2H3,(H2,13,17). The molecule has 1 aliphatic rings. The molecule has 0 saturated heterocycles. The third-order valence-electron chi connectivity index (χ3n) is 2.67. The summed E-state index contributed by atoms with van der Waals surface area (Å²) in [6, 6.07) is 5.73. The second-order valence-corrected chi connectivity index (χ2v) is 4.64. The van der Waals surface area contributed by atoms with Gasteiger partial charge in [-0.2, -0.15) is 0 Å². The molecule has 1 unspecified atom stereocenters. The van der Waals surface area contributed by atoms with E-state index < -0.39 is 0 Å². The molecule has 1 heterocycles. The number of hydrogen-bond acceptors (Lipinski definition) is 4. The largest absolute Gasteiger partial charge is 0.486 e. The zero-order valence-electron chi connectivity index (χ0n) is 9.97. The summed E-state index contributed by atoms with van der Waals surface area (Å²) in [7, 11) is 3.89. The quantitative estimate of drug-likeness (QED) is 0.823. The van der Waals surface area contributed by atoms with Crippen molar-refractivity contribution in [3.63, 3.8) is 0 Å². The average molecular weight is 252 g/mol. The van der Waals surface area contributed by atoms with Crippen LogP contribution >= 0.6 is 12.2 Å². The molecular formula is C12H16N2O2S. The third kappa shape index (κ3) is 2.50. The van der Waals surface area contributed by atoms with Gasteiger partial charge in [-0.05, 0) is 31.8 Å². The van der Waals surface area contributed by atoms with Gasteiger partial charge >= 0.3 is 0 Å². The number of hydrogen-bond donors (Lipinski definition) is 1. The molecule has 0 spiro atoms. The lowest BCUT2D eigenvalue weighted by Gasteiger charge is -2.25. The lowest BCUT2D eigenvalue weighted by atomic mass is 10.1. The minimum absolute atomic E-state index is 0.0826. The van der Waals surface area contributed by atoms with E-state index in [0.717, 1.165) is 17.1 Å². The van der Waals surface area contributed by atoms with Gasteiger partial charge in [0.15, 0.2) is 11.5 Å². The second-order valence-electron chi connectivity index (χ2n) is 4.17. The fourth-order valence-corrected chi connectivity index (χ4v) is 2.29. The van der Waals surface area contributed by atoms with E-state index in [-0.39, 0.29) is 6.04 Å². The van der Waals surface area contributed by atoms with E-state index in [1.54, 1.807) is 0 Å². The first kappa shape index (κ1) is 12.1. The van der Waals surface area contributed by atoms with Gasteiger partial charge in [-0.25, -0.2) is 0 Å². The van der Waals surface area contributed by atoms with Crippen molar-refractivity contribution in [1.82, 2.24) is 4.90 Å². The molecule has 1 atom stereocenters. The van der Waals surface area contributed by atoms with Gasteiger partial charge in [0.1, 0.15) is 13.2 Å². The number of nitrogens with two attached hydrogens (primary N) is 1. The molecule has 1 aromatic carbocycles. The van der Waals surface area contributed by atoms with E-state index in [1.165, 1.54) is 0 Å². The minimum atomic E-state index is -0.0826. The SMILES string of the molecule is CN(C)C(C(N)=S)c1ccc2c(c1)OCCO2. The predicted molar refractivity (Wildman–Crippen MR) is 70.6 cm³/mol. The highest BCUT2D eigenvalue weighted by molar-refractivity contribution is 7.80. The molecule has 17 heavy (non-hydrogen) atoms. The highest BCUT2D eigenvalue weighted by atomic mass is 32.1. The summed E-state index contributed by atoms with van der Waals surface area (Å²) in [6.45, 7) is 1.18. The molecule has 4 nitrogen and oxygen atoms in total. The summed E-state index contributed by atoms with van der Waals surface area (Å²) in [5.41, 5.74) is 6.78. The lowest BCUT2D eigenvalue weighted by Crippen LogP contribution is -2.31. The first-order valence-corrected chi connectivity index (χ1v) is 5.85. The summed E-state index contributed by atoms with van der Waals surface area (Å²) >= 11 is 5.09. The molecule has 0 radical (unpaired) electrons. The van der Waals surface area contributed by atoms with Crippen LogP contribution in [0.1, 0.15) is 11.6 Å². The molecule has 1 aliphatic heterocycles. The summed E-state index contributed by atoms with van der Waals surface area (Å²) in [6.07, 6.45) is 0. The zero-order valence-corrected chi connectivity index (χ0v) is 10.8. The normalized spacial score (nSPS) is 15.7. The molecule has 1 aromatic rings. The van der Waals surface area contributed by atoms with Crippen molar-refractivity contribution < 1.29 is 9.47 Å². The topological polar surface area (TPSA) is 47.7 Å². The van der Waals surface area contributed by atoms with Gasteiger partial charge in [-0.15, -0.1) is 0 Å². The van der Waals surface area contributed by atoms with Crippen LogP contribution in [0.5, 0.6) is 11.5 Å². The molecule has 2 N–H and O–H groups in total. The van der Waals surface area contributed by atoms with Crippen LogP contribution in [-0.2, 0) is 0 Å². The Labute approximate surface area is 106 Å². The monoisotopic (exact) mass is 252 g/mol. The maximum absolute atomic E-state index is 5.76. The molecule has 92 valence electrons. The Hall–Kier alpha value is -1.33. The molecule has 0 aromatic heterocycles. The molecular weight excluding hydrogens is 236 g/mol.